The Bertz CT molecular complexity index is 1140. The summed E-state index contributed by atoms with van der Waals surface area (Å²) in [7, 11) is 0. The Balaban J connectivity index is 1.42. The molecule has 2 aromatic carbocycles. The van der Waals surface area contributed by atoms with Crippen molar-refractivity contribution in [3.05, 3.63) is 78.6 Å². The van der Waals surface area contributed by atoms with Crippen molar-refractivity contribution < 1.29 is 14.4 Å². The number of rotatable bonds is 7. The van der Waals surface area contributed by atoms with Crippen LogP contribution in [0.25, 0.3) is 0 Å². The Kier molecular flexibility index (Phi) is 5.93. The van der Waals surface area contributed by atoms with Crippen LogP contribution in [0.5, 0.6) is 0 Å². The summed E-state index contributed by atoms with van der Waals surface area (Å²) in [5, 5.41) is 8.44. The quantitative estimate of drug-likeness (QED) is 0.498. The third kappa shape index (κ3) is 4.64. The van der Waals surface area contributed by atoms with Crippen LogP contribution in [-0.2, 0) is 20.8 Å². The number of nitrogens with one attached hydrogen (secondary N) is 3. The normalized spacial score (nSPS) is 20.0. The van der Waals surface area contributed by atoms with Gasteiger partial charge in [-0.15, -0.1) is 0 Å². The number of carbonyl (C=O) groups excluding carboxylic acids is 3. The van der Waals surface area contributed by atoms with Gasteiger partial charge in [0.05, 0.1) is 5.54 Å². The largest absolute Gasteiger partial charge is 0.343 e. The second-order valence-electron chi connectivity index (χ2n) is 7.87. The summed E-state index contributed by atoms with van der Waals surface area (Å²) in [6.07, 6.45) is 4.26. The minimum Gasteiger partial charge on any atom is -0.343 e. The van der Waals surface area contributed by atoms with Crippen molar-refractivity contribution in [3.63, 3.8) is 0 Å². The summed E-state index contributed by atoms with van der Waals surface area (Å²) < 4.78 is 0. The molecule has 1 saturated heterocycles. The second kappa shape index (κ2) is 8.97. The Morgan fingerprint density at radius 1 is 1.00 bits per heavy atom. The van der Waals surface area contributed by atoms with Crippen molar-refractivity contribution in [2.24, 2.45) is 5.92 Å². The summed E-state index contributed by atoms with van der Waals surface area (Å²) in [6.45, 7) is 1.67. The lowest BCUT2D eigenvalue weighted by atomic mass is 9.87. The van der Waals surface area contributed by atoms with Gasteiger partial charge in [0.25, 0.3) is 0 Å². The fraction of sp³-hybridized carbons (Fsp3) is 0.208. The summed E-state index contributed by atoms with van der Waals surface area (Å²) in [5.41, 5.74) is 1.09. The molecule has 1 fully saturated rings. The van der Waals surface area contributed by atoms with E-state index >= 15 is 0 Å². The van der Waals surface area contributed by atoms with E-state index in [1.54, 1.807) is 49.6 Å². The van der Waals surface area contributed by atoms with E-state index in [9.17, 15) is 14.4 Å². The van der Waals surface area contributed by atoms with E-state index in [4.69, 9.17) is 0 Å². The lowest BCUT2D eigenvalue weighted by molar-refractivity contribution is -0.135. The number of hydrogen-bond acceptors (Lipinski definition) is 6. The van der Waals surface area contributed by atoms with Crippen molar-refractivity contribution in [3.8, 4) is 0 Å². The summed E-state index contributed by atoms with van der Waals surface area (Å²) in [6, 6.07) is 18.3. The molecular formula is C24H23N5O3. The molecule has 1 aliphatic rings. The van der Waals surface area contributed by atoms with Crippen LogP contribution < -0.4 is 16.0 Å². The van der Waals surface area contributed by atoms with Gasteiger partial charge < -0.3 is 16.0 Å². The first-order chi connectivity index (χ1) is 15.4. The van der Waals surface area contributed by atoms with Gasteiger partial charge in [-0.1, -0.05) is 36.4 Å². The molecule has 32 heavy (non-hydrogen) atoms. The molecule has 0 saturated carbocycles. The highest BCUT2D eigenvalue weighted by molar-refractivity contribution is 6.27. The predicted octanol–water partition coefficient (Wildman–Crippen LogP) is 2.87. The lowest BCUT2D eigenvalue weighted by Crippen LogP contribution is -2.44. The number of aromatic nitrogens is 2. The zero-order valence-corrected chi connectivity index (χ0v) is 17.5. The molecule has 0 spiro atoms. The first kappa shape index (κ1) is 21.2. The molecule has 0 bridgehead atoms. The minimum absolute atomic E-state index is 0.413. The number of benzene rings is 2. The van der Waals surface area contributed by atoms with Crippen molar-refractivity contribution in [2.75, 3.05) is 10.6 Å². The van der Waals surface area contributed by atoms with Gasteiger partial charge in [-0.25, -0.2) is 9.97 Å². The van der Waals surface area contributed by atoms with Gasteiger partial charge in [0.1, 0.15) is 0 Å². The molecule has 3 N–H and O–H groups in total. The number of aryl methyl sites for hydroxylation is 1. The molecule has 8 heteroatoms. The SMILES string of the molecule is CC1(CCc2ccccc2)NC(=O)C(C(=O)Nc2cccc(Nc3ncccn3)c2)C1=O. The molecule has 2 atom stereocenters. The van der Waals surface area contributed by atoms with Crippen LogP contribution in [0.15, 0.2) is 73.1 Å². The summed E-state index contributed by atoms with van der Waals surface area (Å²) in [5.74, 6) is -2.61. The first-order valence-corrected chi connectivity index (χ1v) is 10.3. The van der Waals surface area contributed by atoms with Gasteiger partial charge in [0.2, 0.25) is 17.8 Å². The molecule has 162 valence electrons. The van der Waals surface area contributed by atoms with E-state index in [1.165, 1.54) is 0 Å². The fourth-order valence-corrected chi connectivity index (χ4v) is 3.69. The molecule has 2 unspecified atom stereocenters. The number of amides is 2. The van der Waals surface area contributed by atoms with Crippen LogP contribution in [0, 0.1) is 5.92 Å². The van der Waals surface area contributed by atoms with Crippen LogP contribution in [0.4, 0.5) is 17.3 Å². The molecule has 0 aliphatic carbocycles. The van der Waals surface area contributed by atoms with Crippen LogP contribution in [-0.4, -0.2) is 33.1 Å². The Labute approximate surface area is 185 Å². The molecule has 2 amide bonds. The van der Waals surface area contributed by atoms with Crippen molar-refractivity contribution in [1.29, 1.82) is 0 Å². The molecule has 4 rings (SSSR count). The van der Waals surface area contributed by atoms with Crippen LogP contribution >= 0.6 is 0 Å². The smallest absolute Gasteiger partial charge is 0.244 e. The maximum Gasteiger partial charge on any atom is 0.244 e. The van der Waals surface area contributed by atoms with Gasteiger partial charge in [0, 0.05) is 23.8 Å². The van der Waals surface area contributed by atoms with E-state index < -0.39 is 29.1 Å². The minimum atomic E-state index is -1.38. The Hall–Kier alpha value is -4.07. The average molecular weight is 429 g/mol. The number of Topliss-reactive ketones (excluding diaryl/α,β-unsaturated/α-hetero) is 1. The van der Waals surface area contributed by atoms with E-state index in [0.29, 0.717) is 30.2 Å². The van der Waals surface area contributed by atoms with Crippen LogP contribution in [0.1, 0.15) is 18.9 Å². The molecular weight excluding hydrogens is 406 g/mol. The summed E-state index contributed by atoms with van der Waals surface area (Å²) >= 11 is 0. The molecule has 8 nitrogen and oxygen atoms in total. The number of nitrogens with zero attached hydrogens (tertiary/aromatic N) is 2. The average Bonchev–Trinajstić information content (AvgIpc) is 3.02. The monoisotopic (exact) mass is 429 g/mol. The molecule has 0 radical (unpaired) electrons. The third-order valence-corrected chi connectivity index (χ3v) is 5.44. The van der Waals surface area contributed by atoms with Crippen LogP contribution in [0.2, 0.25) is 0 Å². The molecule has 2 heterocycles. The lowest BCUT2D eigenvalue weighted by Gasteiger charge is -2.22. The van der Waals surface area contributed by atoms with E-state index in [0.717, 1.165) is 5.56 Å². The summed E-state index contributed by atoms with van der Waals surface area (Å²) in [4.78, 5) is 46.6. The highest BCUT2D eigenvalue weighted by Crippen LogP contribution is 2.27. The van der Waals surface area contributed by atoms with Gasteiger partial charge in [-0.2, -0.15) is 0 Å². The fourth-order valence-electron chi connectivity index (χ4n) is 3.69. The van der Waals surface area contributed by atoms with Crippen molar-refractivity contribution >= 4 is 34.9 Å². The zero-order chi connectivity index (χ0) is 22.6. The number of ketones is 1. The van der Waals surface area contributed by atoms with Crippen molar-refractivity contribution in [2.45, 2.75) is 25.3 Å². The van der Waals surface area contributed by atoms with Gasteiger partial charge in [-0.05, 0) is 49.6 Å². The maximum absolute atomic E-state index is 13.0. The highest BCUT2D eigenvalue weighted by atomic mass is 16.2. The molecule has 1 aliphatic heterocycles. The maximum atomic E-state index is 13.0. The Morgan fingerprint density at radius 3 is 2.47 bits per heavy atom. The highest BCUT2D eigenvalue weighted by Gasteiger charge is 2.52. The number of hydrogen-bond donors (Lipinski definition) is 3. The van der Waals surface area contributed by atoms with Gasteiger partial charge >= 0.3 is 0 Å². The topological polar surface area (TPSA) is 113 Å². The van der Waals surface area contributed by atoms with Gasteiger partial charge in [0.15, 0.2) is 11.7 Å². The predicted molar refractivity (Wildman–Crippen MR) is 120 cm³/mol. The van der Waals surface area contributed by atoms with Crippen molar-refractivity contribution in [1.82, 2.24) is 15.3 Å². The Morgan fingerprint density at radius 2 is 1.72 bits per heavy atom. The molecule has 3 aromatic rings. The van der Waals surface area contributed by atoms with Crippen LogP contribution in [0.3, 0.4) is 0 Å². The molecule has 1 aromatic heterocycles. The number of carbonyl (C=O) groups is 3. The van der Waals surface area contributed by atoms with E-state index in [2.05, 4.69) is 25.9 Å². The standard InChI is InChI=1S/C24H23N5O3/c1-24(12-11-16-7-3-2-4-8-16)20(30)19(22(32)29-24)21(31)27-17-9-5-10-18(15-17)28-23-25-13-6-14-26-23/h2-10,13-15,19H,11-12H2,1H3,(H,27,31)(H,29,32)(H,25,26,28). The van der Waals surface area contributed by atoms with E-state index in [1.807, 2.05) is 30.3 Å². The zero-order valence-electron chi connectivity index (χ0n) is 17.5. The van der Waals surface area contributed by atoms with E-state index in [-0.39, 0.29) is 0 Å². The first-order valence-electron chi connectivity index (χ1n) is 10.3. The number of anilines is 3. The third-order valence-electron chi connectivity index (χ3n) is 5.44. The second-order valence-corrected chi connectivity index (χ2v) is 7.87. The van der Waals surface area contributed by atoms with Gasteiger partial charge in [-0.3, -0.25) is 14.4 Å².